The van der Waals surface area contributed by atoms with Gasteiger partial charge in [0.15, 0.2) is 0 Å². The molecule has 0 heterocycles. The molecular weight excluding hydrogens is 180 g/mol. The Kier molecular flexibility index (Phi) is 1.40. The van der Waals surface area contributed by atoms with Gasteiger partial charge in [-0.2, -0.15) is 0 Å². The fraction of sp³-hybridized carbons (Fsp3) is 1.00. The summed E-state index contributed by atoms with van der Waals surface area (Å²) < 4.78 is 0. The molecule has 0 aliphatic heterocycles. The first-order valence-electron chi connectivity index (χ1n) is 7.10. The van der Waals surface area contributed by atoms with E-state index in [1.165, 1.54) is 6.42 Å². The third kappa shape index (κ3) is 0.953. The van der Waals surface area contributed by atoms with Crippen LogP contribution in [0.4, 0.5) is 0 Å². The lowest BCUT2D eigenvalue weighted by molar-refractivity contribution is -0.0315. The first-order valence-corrected chi connectivity index (χ1v) is 7.10. The van der Waals surface area contributed by atoms with Crippen molar-refractivity contribution in [1.29, 1.82) is 0 Å². The zero-order chi connectivity index (χ0) is 10.3. The van der Waals surface area contributed by atoms with Crippen LogP contribution in [0, 0.1) is 28.1 Å². The largest absolute Gasteiger partial charge is 0.0648 e. The zero-order valence-electron chi connectivity index (χ0n) is 10.3. The number of hydrogen-bond acceptors (Lipinski definition) is 0. The van der Waals surface area contributed by atoms with Crippen molar-refractivity contribution in [2.24, 2.45) is 28.1 Å². The average Bonchev–Trinajstić information content (AvgIpc) is 2.58. The summed E-state index contributed by atoms with van der Waals surface area (Å²) in [6.45, 7) is 4.99. The van der Waals surface area contributed by atoms with Crippen molar-refractivity contribution in [2.45, 2.75) is 65.2 Å². The van der Waals surface area contributed by atoms with E-state index in [9.17, 15) is 0 Å². The second-order valence-electron chi connectivity index (χ2n) is 7.79. The molecule has 0 saturated heterocycles. The molecule has 0 heteroatoms. The molecule has 5 fully saturated rings. The third-order valence-corrected chi connectivity index (χ3v) is 6.80. The van der Waals surface area contributed by atoms with E-state index >= 15 is 0 Å². The molecule has 0 aromatic heterocycles. The SMILES string of the molecule is CCC1(CC23CCC(C2)C3)CC2(C)CC21. The summed E-state index contributed by atoms with van der Waals surface area (Å²) in [7, 11) is 0. The lowest BCUT2D eigenvalue weighted by Crippen LogP contribution is -2.44. The molecule has 3 unspecified atom stereocenters. The predicted octanol–water partition coefficient (Wildman–Crippen LogP) is 4.39. The molecule has 0 nitrogen and oxygen atoms in total. The summed E-state index contributed by atoms with van der Waals surface area (Å²) in [5.41, 5.74) is 2.52. The van der Waals surface area contributed by atoms with Crippen LogP contribution in [0.3, 0.4) is 0 Å². The maximum atomic E-state index is 2.53. The van der Waals surface area contributed by atoms with Crippen molar-refractivity contribution in [1.82, 2.24) is 0 Å². The number of fused-ring (bicyclic) bond motifs is 2. The van der Waals surface area contributed by atoms with E-state index in [-0.39, 0.29) is 0 Å². The van der Waals surface area contributed by atoms with E-state index < -0.39 is 0 Å². The lowest BCUT2D eigenvalue weighted by atomic mass is 9.52. The van der Waals surface area contributed by atoms with Crippen molar-refractivity contribution in [3.63, 3.8) is 0 Å². The van der Waals surface area contributed by atoms with Crippen LogP contribution in [0.25, 0.3) is 0 Å². The molecular formula is C15H24. The minimum absolute atomic E-state index is 0.823. The van der Waals surface area contributed by atoms with Crippen molar-refractivity contribution in [2.75, 3.05) is 0 Å². The monoisotopic (exact) mass is 204 g/mol. The van der Waals surface area contributed by atoms with Crippen LogP contribution in [0.15, 0.2) is 0 Å². The van der Waals surface area contributed by atoms with E-state index in [0.29, 0.717) is 0 Å². The summed E-state index contributed by atoms with van der Waals surface area (Å²) >= 11 is 0. The van der Waals surface area contributed by atoms with Gasteiger partial charge in [0.05, 0.1) is 0 Å². The Morgan fingerprint density at radius 1 is 1.20 bits per heavy atom. The molecule has 84 valence electrons. The van der Waals surface area contributed by atoms with Gasteiger partial charge in [-0.05, 0) is 73.0 Å². The Hall–Kier alpha value is 0. The number of rotatable bonds is 3. The van der Waals surface area contributed by atoms with Gasteiger partial charge in [-0.1, -0.05) is 20.3 Å². The van der Waals surface area contributed by atoms with Gasteiger partial charge in [-0.15, -0.1) is 0 Å². The molecule has 0 spiro atoms. The number of hydrogen-bond donors (Lipinski definition) is 0. The normalized spacial score (nSPS) is 64.4. The van der Waals surface area contributed by atoms with Crippen LogP contribution >= 0.6 is 0 Å². The van der Waals surface area contributed by atoms with Gasteiger partial charge in [0.2, 0.25) is 0 Å². The van der Waals surface area contributed by atoms with Gasteiger partial charge in [-0.3, -0.25) is 0 Å². The first-order chi connectivity index (χ1) is 7.10. The third-order valence-electron chi connectivity index (χ3n) is 6.80. The Morgan fingerprint density at radius 3 is 2.40 bits per heavy atom. The molecule has 0 N–H and O–H groups in total. The summed E-state index contributed by atoms with van der Waals surface area (Å²) in [5.74, 6) is 2.30. The van der Waals surface area contributed by atoms with Crippen LogP contribution in [0.5, 0.6) is 0 Å². The molecule has 2 bridgehead atoms. The molecule has 5 aliphatic rings. The van der Waals surface area contributed by atoms with Crippen molar-refractivity contribution in [3.05, 3.63) is 0 Å². The van der Waals surface area contributed by atoms with Crippen LogP contribution in [0.1, 0.15) is 65.2 Å². The second kappa shape index (κ2) is 2.31. The molecule has 0 radical (unpaired) electrons. The van der Waals surface area contributed by atoms with Crippen molar-refractivity contribution in [3.8, 4) is 0 Å². The van der Waals surface area contributed by atoms with Gasteiger partial charge >= 0.3 is 0 Å². The molecule has 0 aromatic rings. The highest BCUT2D eigenvalue weighted by atomic mass is 14.8. The fourth-order valence-electron chi connectivity index (χ4n) is 6.10. The maximum Gasteiger partial charge on any atom is -0.0256 e. The van der Waals surface area contributed by atoms with E-state index in [1.807, 2.05) is 0 Å². The van der Waals surface area contributed by atoms with Gasteiger partial charge in [0.25, 0.3) is 0 Å². The summed E-state index contributed by atoms with van der Waals surface area (Å²) in [4.78, 5) is 0. The van der Waals surface area contributed by atoms with E-state index in [2.05, 4.69) is 13.8 Å². The molecule has 0 amide bonds. The molecule has 3 atom stereocenters. The van der Waals surface area contributed by atoms with E-state index in [4.69, 9.17) is 0 Å². The summed E-state index contributed by atoms with van der Waals surface area (Å²) in [5, 5.41) is 0. The lowest BCUT2D eigenvalue weighted by Gasteiger charge is -2.53. The average molecular weight is 204 g/mol. The van der Waals surface area contributed by atoms with Crippen LogP contribution < -0.4 is 0 Å². The topological polar surface area (TPSA) is 0 Å². The van der Waals surface area contributed by atoms with Crippen molar-refractivity contribution < 1.29 is 0 Å². The first kappa shape index (κ1) is 9.07. The smallest absolute Gasteiger partial charge is 0.0256 e. The van der Waals surface area contributed by atoms with Crippen LogP contribution in [0.2, 0.25) is 0 Å². The molecule has 0 aromatic carbocycles. The van der Waals surface area contributed by atoms with Gasteiger partial charge in [0, 0.05) is 0 Å². The van der Waals surface area contributed by atoms with Gasteiger partial charge in [-0.25, -0.2) is 0 Å². The van der Waals surface area contributed by atoms with Crippen molar-refractivity contribution >= 4 is 0 Å². The standard InChI is InChI=1S/C15H24/c1-3-15(9-13(2)8-12(13)15)10-14-5-4-11(6-14)7-14/h11-12H,3-10H2,1-2H3. The highest BCUT2D eigenvalue weighted by Gasteiger charge is 2.72. The second-order valence-corrected chi connectivity index (χ2v) is 7.79. The summed E-state index contributed by atoms with van der Waals surface area (Å²) in [6.07, 6.45) is 12.6. The molecule has 5 rings (SSSR count). The Morgan fingerprint density at radius 2 is 2.00 bits per heavy atom. The Bertz CT molecular complexity index is 306. The Labute approximate surface area is 93.8 Å². The van der Waals surface area contributed by atoms with Gasteiger partial charge < -0.3 is 0 Å². The van der Waals surface area contributed by atoms with E-state index in [0.717, 1.165) is 28.1 Å². The van der Waals surface area contributed by atoms with Crippen LogP contribution in [-0.4, -0.2) is 0 Å². The highest BCUT2D eigenvalue weighted by Crippen LogP contribution is 2.81. The van der Waals surface area contributed by atoms with Crippen LogP contribution in [-0.2, 0) is 0 Å². The Balaban J connectivity index is 1.53. The zero-order valence-corrected chi connectivity index (χ0v) is 10.3. The van der Waals surface area contributed by atoms with E-state index in [1.54, 1.807) is 44.9 Å². The predicted molar refractivity (Wildman–Crippen MR) is 62.6 cm³/mol. The molecule has 5 aliphatic carbocycles. The fourth-order valence-corrected chi connectivity index (χ4v) is 6.10. The van der Waals surface area contributed by atoms with Gasteiger partial charge in [0.1, 0.15) is 0 Å². The maximum absolute atomic E-state index is 2.53. The molecule has 15 heavy (non-hydrogen) atoms. The summed E-state index contributed by atoms with van der Waals surface area (Å²) in [6, 6.07) is 0. The highest BCUT2D eigenvalue weighted by molar-refractivity contribution is 5.21. The minimum Gasteiger partial charge on any atom is -0.0648 e. The minimum atomic E-state index is 0.823. The molecule has 5 saturated carbocycles. The quantitative estimate of drug-likeness (QED) is 0.639.